The third kappa shape index (κ3) is 3.30. The standard InChI is InChI=1S/C14H20N4O3S/c15-22(20,21)18-7-5-17(6-8-18)14(19)11-16-9-12-3-1-2-4-13(12)10-16/h1-4H,5-11H2,(H2,15,20,21). The Bertz CT molecular complexity index is 643. The number of nitrogens with zero attached hydrogens (tertiary/aromatic N) is 3. The molecule has 7 nitrogen and oxygen atoms in total. The SMILES string of the molecule is NS(=O)(=O)N1CCN(C(=O)CN2Cc3ccccc3C2)CC1. The van der Waals surface area contributed by atoms with Gasteiger partial charge < -0.3 is 4.90 Å². The predicted octanol–water partition coefficient (Wildman–Crippen LogP) is -0.650. The molecule has 0 unspecified atom stereocenters. The molecule has 0 radical (unpaired) electrons. The van der Waals surface area contributed by atoms with Crippen molar-refractivity contribution in [1.29, 1.82) is 0 Å². The van der Waals surface area contributed by atoms with E-state index >= 15 is 0 Å². The summed E-state index contributed by atoms with van der Waals surface area (Å²) >= 11 is 0. The Labute approximate surface area is 130 Å². The van der Waals surface area contributed by atoms with Gasteiger partial charge in [-0.3, -0.25) is 9.69 Å². The molecule has 0 bridgehead atoms. The van der Waals surface area contributed by atoms with Gasteiger partial charge in [0.05, 0.1) is 6.54 Å². The molecule has 1 aromatic rings. The highest BCUT2D eigenvalue weighted by atomic mass is 32.2. The highest BCUT2D eigenvalue weighted by Crippen LogP contribution is 2.22. The first-order valence-electron chi connectivity index (χ1n) is 7.28. The predicted molar refractivity (Wildman–Crippen MR) is 81.8 cm³/mol. The monoisotopic (exact) mass is 324 g/mol. The van der Waals surface area contributed by atoms with Crippen LogP contribution in [-0.2, 0) is 28.1 Å². The van der Waals surface area contributed by atoms with E-state index in [1.54, 1.807) is 4.90 Å². The van der Waals surface area contributed by atoms with E-state index in [0.29, 0.717) is 19.6 Å². The number of rotatable bonds is 3. The van der Waals surface area contributed by atoms with Crippen LogP contribution in [0.25, 0.3) is 0 Å². The number of benzene rings is 1. The lowest BCUT2D eigenvalue weighted by Gasteiger charge is -2.33. The number of carbonyl (C=O) groups is 1. The zero-order valence-corrected chi connectivity index (χ0v) is 13.1. The first-order valence-corrected chi connectivity index (χ1v) is 8.78. The second-order valence-electron chi connectivity index (χ2n) is 5.74. The van der Waals surface area contributed by atoms with Crippen LogP contribution in [0.1, 0.15) is 11.1 Å². The Morgan fingerprint density at radius 2 is 1.59 bits per heavy atom. The number of fused-ring (bicyclic) bond motifs is 1. The molecular formula is C14H20N4O3S. The smallest absolute Gasteiger partial charge is 0.277 e. The number of carbonyl (C=O) groups excluding carboxylic acids is 1. The molecule has 0 atom stereocenters. The molecule has 120 valence electrons. The van der Waals surface area contributed by atoms with Crippen LogP contribution >= 0.6 is 0 Å². The van der Waals surface area contributed by atoms with Gasteiger partial charge in [-0.05, 0) is 11.1 Å². The highest BCUT2D eigenvalue weighted by Gasteiger charge is 2.28. The van der Waals surface area contributed by atoms with Crippen LogP contribution in [0, 0.1) is 0 Å². The van der Waals surface area contributed by atoms with Crippen molar-refractivity contribution < 1.29 is 13.2 Å². The average Bonchev–Trinajstić information content (AvgIpc) is 2.88. The summed E-state index contributed by atoms with van der Waals surface area (Å²) in [6, 6.07) is 8.20. The van der Waals surface area contributed by atoms with Crippen molar-refractivity contribution in [2.75, 3.05) is 32.7 Å². The molecule has 1 saturated heterocycles. The molecule has 22 heavy (non-hydrogen) atoms. The molecule has 1 fully saturated rings. The zero-order valence-electron chi connectivity index (χ0n) is 12.3. The quantitative estimate of drug-likeness (QED) is 0.800. The second-order valence-corrected chi connectivity index (χ2v) is 7.28. The molecule has 2 aliphatic rings. The van der Waals surface area contributed by atoms with Gasteiger partial charge in [0.25, 0.3) is 10.2 Å². The summed E-state index contributed by atoms with van der Waals surface area (Å²) in [5, 5.41) is 5.10. The van der Waals surface area contributed by atoms with Crippen LogP contribution < -0.4 is 5.14 Å². The molecule has 0 spiro atoms. The minimum atomic E-state index is -3.65. The lowest BCUT2D eigenvalue weighted by atomic mass is 10.1. The molecule has 0 aromatic heterocycles. The molecular weight excluding hydrogens is 304 g/mol. The van der Waals surface area contributed by atoms with Crippen molar-refractivity contribution in [3.63, 3.8) is 0 Å². The van der Waals surface area contributed by atoms with Gasteiger partial charge in [0.15, 0.2) is 0 Å². The normalized spacial score (nSPS) is 20.1. The number of hydrogen-bond donors (Lipinski definition) is 1. The minimum absolute atomic E-state index is 0.0434. The van der Waals surface area contributed by atoms with Crippen molar-refractivity contribution in [3.05, 3.63) is 35.4 Å². The topological polar surface area (TPSA) is 87.0 Å². The van der Waals surface area contributed by atoms with Gasteiger partial charge in [0.2, 0.25) is 5.91 Å². The molecule has 1 amide bonds. The lowest BCUT2D eigenvalue weighted by molar-refractivity contribution is -0.133. The third-order valence-electron chi connectivity index (χ3n) is 4.22. The second kappa shape index (κ2) is 5.96. The minimum Gasteiger partial charge on any atom is -0.339 e. The summed E-state index contributed by atoms with van der Waals surface area (Å²) in [4.78, 5) is 16.2. The first-order chi connectivity index (χ1) is 10.4. The van der Waals surface area contributed by atoms with Crippen molar-refractivity contribution in [2.24, 2.45) is 5.14 Å². The summed E-state index contributed by atoms with van der Waals surface area (Å²) in [5.74, 6) is 0.0434. The maximum absolute atomic E-state index is 12.3. The van der Waals surface area contributed by atoms with Gasteiger partial charge >= 0.3 is 0 Å². The average molecular weight is 324 g/mol. The van der Waals surface area contributed by atoms with Crippen LogP contribution in [0.4, 0.5) is 0 Å². The summed E-state index contributed by atoms with van der Waals surface area (Å²) in [5.41, 5.74) is 2.55. The number of nitrogens with two attached hydrogens (primary N) is 1. The van der Waals surface area contributed by atoms with Gasteiger partial charge in [0.1, 0.15) is 0 Å². The van der Waals surface area contributed by atoms with E-state index in [0.717, 1.165) is 13.1 Å². The molecule has 8 heteroatoms. The third-order valence-corrected chi connectivity index (χ3v) is 5.30. The largest absolute Gasteiger partial charge is 0.339 e. The van der Waals surface area contributed by atoms with E-state index < -0.39 is 10.2 Å². The maximum atomic E-state index is 12.3. The molecule has 2 aliphatic heterocycles. The Morgan fingerprint density at radius 3 is 2.09 bits per heavy atom. The van der Waals surface area contributed by atoms with Gasteiger partial charge in [-0.2, -0.15) is 12.7 Å². The molecule has 2 heterocycles. The van der Waals surface area contributed by atoms with Crippen molar-refractivity contribution in [3.8, 4) is 0 Å². The molecule has 2 N–H and O–H groups in total. The Balaban J connectivity index is 1.52. The van der Waals surface area contributed by atoms with Crippen LogP contribution in [-0.4, -0.2) is 61.2 Å². The summed E-state index contributed by atoms with van der Waals surface area (Å²) in [6.45, 7) is 3.28. The van der Waals surface area contributed by atoms with E-state index in [9.17, 15) is 13.2 Å². The number of hydrogen-bond acceptors (Lipinski definition) is 4. The molecule has 1 aromatic carbocycles. The molecule has 0 saturated carbocycles. The van der Waals surface area contributed by atoms with E-state index in [2.05, 4.69) is 17.0 Å². The van der Waals surface area contributed by atoms with Gasteiger partial charge in [-0.25, -0.2) is 5.14 Å². The van der Waals surface area contributed by atoms with Gasteiger partial charge in [0, 0.05) is 39.3 Å². The Kier molecular flexibility index (Phi) is 4.18. The van der Waals surface area contributed by atoms with Crippen molar-refractivity contribution >= 4 is 16.1 Å². The maximum Gasteiger partial charge on any atom is 0.277 e. The fraction of sp³-hybridized carbons (Fsp3) is 0.500. The number of piperazine rings is 1. The van der Waals surface area contributed by atoms with E-state index in [-0.39, 0.29) is 19.0 Å². The van der Waals surface area contributed by atoms with E-state index in [4.69, 9.17) is 5.14 Å². The lowest BCUT2D eigenvalue weighted by Crippen LogP contribution is -2.53. The Morgan fingerprint density at radius 1 is 1.05 bits per heavy atom. The van der Waals surface area contributed by atoms with Gasteiger partial charge in [-0.1, -0.05) is 24.3 Å². The zero-order chi connectivity index (χ0) is 15.7. The van der Waals surface area contributed by atoms with E-state index in [1.165, 1.54) is 15.4 Å². The van der Waals surface area contributed by atoms with Crippen molar-refractivity contribution in [1.82, 2.24) is 14.1 Å². The van der Waals surface area contributed by atoms with Crippen LogP contribution in [0.3, 0.4) is 0 Å². The Hall–Kier alpha value is -1.48. The first kappa shape index (κ1) is 15.4. The summed E-state index contributed by atoms with van der Waals surface area (Å²) < 4.78 is 23.7. The van der Waals surface area contributed by atoms with Crippen molar-refractivity contribution in [2.45, 2.75) is 13.1 Å². The fourth-order valence-corrected chi connectivity index (χ4v) is 3.67. The summed E-state index contributed by atoms with van der Waals surface area (Å²) in [7, 11) is -3.65. The van der Waals surface area contributed by atoms with Gasteiger partial charge in [-0.15, -0.1) is 0 Å². The van der Waals surface area contributed by atoms with E-state index in [1.807, 2.05) is 12.1 Å². The summed E-state index contributed by atoms with van der Waals surface area (Å²) in [6.07, 6.45) is 0. The van der Waals surface area contributed by atoms with Crippen LogP contribution in [0.5, 0.6) is 0 Å². The number of amides is 1. The van der Waals surface area contributed by atoms with Crippen LogP contribution in [0.15, 0.2) is 24.3 Å². The molecule has 0 aliphatic carbocycles. The highest BCUT2D eigenvalue weighted by molar-refractivity contribution is 7.86. The van der Waals surface area contributed by atoms with Crippen LogP contribution in [0.2, 0.25) is 0 Å². The fourth-order valence-electron chi connectivity index (χ4n) is 3.00. The molecule has 3 rings (SSSR count).